The van der Waals surface area contributed by atoms with Crippen molar-refractivity contribution in [1.82, 2.24) is 5.43 Å². The molecule has 0 aliphatic rings. The fourth-order valence-corrected chi connectivity index (χ4v) is 1.38. The van der Waals surface area contributed by atoms with Crippen LogP contribution in [0.15, 0.2) is 18.2 Å². The van der Waals surface area contributed by atoms with Gasteiger partial charge in [-0.15, -0.1) is 0 Å². The van der Waals surface area contributed by atoms with E-state index in [1.165, 1.54) is 12.1 Å². The van der Waals surface area contributed by atoms with E-state index in [0.717, 1.165) is 6.07 Å². The van der Waals surface area contributed by atoms with Crippen LogP contribution in [-0.2, 0) is 0 Å². The summed E-state index contributed by atoms with van der Waals surface area (Å²) in [7, 11) is 0. The lowest BCUT2D eigenvalue weighted by Gasteiger charge is -2.19. The Morgan fingerprint density at radius 1 is 1.20 bits per heavy atom. The maximum Gasteiger partial charge on any atom is 0.409 e. The van der Waals surface area contributed by atoms with Crippen LogP contribution in [0.1, 0.15) is 11.6 Å². The third kappa shape index (κ3) is 2.98. The van der Waals surface area contributed by atoms with E-state index in [2.05, 4.69) is 0 Å². The number of halogens is 5. The molecule has 0 bridgehead atoms. The van der Waals surface area contributed by atoms with Gasteiger partial charge in [0.2, 0.25) is 0 Å². The highest BCUT2D eigenvalue weighted by Crippen LogP contribution is 2.34. The van der Waals surface area contributed by atoms with Crippen molar-refractivity contribution in [3.63, 3.8) is 0 Å². The Bertz CT molecular complexity index is 354. The van der Waals surface area contributed by atoms with Gasteiger partial charge in [-0.05, 0) is 17.7 Å². The second-order valence-electron chi connectivity index (χ2n) is 2.81. The monoisotopic (exact) mass is 258 g/mol. The summed E-state index contributed by atoms with van der Waals surface area (Å²) in [5, 5.41) is 0.247. The quantitative estimate of drug-likeness (QED) is 0.632. The Balaban J connectivity index is 3.08. The molecule has 1 rings (SSSR count). The zero-order valence-corrected chi connectivity index (χ0v) is 8.79. The fraction of sp³-hybridized carbons (Fsp3) is 0.250. The summed E-state index contributed by atoms with van der Waals surface area (Å²) in [6.45, 7) is 0. The largest absolute Gasteiger partial charge is 0.409 e. The summed E-state index contributed by atoms with van der Waals surface area (Å²) in [6, 6.07) is 1.68. The van der Waals surface area contributed by atoms with Crippen molar-refractivity contribution in [3.05, 3.63) is 33.8 Å². The average molecular weight is 259 g/mol. The van der Waals surface area contributed by atoms with E-state index in [1.807, 2.05) is 0 Å². The molecule has 15 heavy (non-hydrogen) atoms. The minimum atomic E-state index is -4.48. The molecule has 0 fully saturated rings. The third-order valence-corrected chi connectivity index (χ3v) is 2.51. The van der Waals surface area contributed by atoms with E-state index in [9.17, 15) is 13.2 Å². The Kier molecular flexibility index (Phi) is 3.83. The fourth-order valence-electron chi connectivity index (χ4n) is 1.07. The predicted octanol–water partition coefficient (Wildman–Crippen LogP) is 3.06. The molecule has 0 spiro atoms. The third-order valence-electron chi connectivity index (χ3n) is 1.77. The smallest absolute Gasteiger partial charge is 0.271 e. The van der Waals surface area contributed by atoms with Crippen molar-refractivity contribution >= 4 is 23.2 Å². The van der Waals surface area contributed by atoms with Gasteiger partial charge in [0, 0.05) is 0 Å². The van der Waals surface area contributed by atoms with E-state index in [0.29, 0.717) is 0 Å². The number of nitrogens with two attached hydrogens (primary N) is 1. The summed E-state index contributed by atoms with van der Waals surface area (Å²) in [4.78, 5) is 0. The molecule has 0 heterocycles. The Morgan fingerprint density at radius 2 is 1.80 bits per heavy atom. The first-order valence-electron chi connectivity index (χ1n) is 3.84. The predicted molar refractivity (Wildman–Crippen MR) is 52.6 cm³/mol. The molecular formula is C8H7Cl2F3N2. The molecule has 0 radical (unpaired) electrons. The van der Waals surface area contributed by atoms with E-state index >= 15 is 0 Å². The number of nitrogens with one attached hydrogen (secondary N) is 1. The molecule has 0 aliphatic heterocycles. The number of alkyl halides is 3. The first-order chi connectivity index (χ1) is 6.86. The first kappa shape index (κ1) is 12.6. The van der Waals surface area contributed by atoms with Gasteiger partial charge >= 0.3 is 6.18 Å². The Labute approximate surface area is 94.1 Å². The summed E-state index contributed by atoms with van der Waals surface area (Å²) >= 11 is 11.2. The highest BCUT2D eigenvalue weighted by atomic mass is 35.5. The molecule has 0 aliphatic carbocycles. The van der Waals surface area contributed by atoms with Crippen molar-refractivity contribution in [2.24, 2.45) is 5.84 Å². The highest BCUT2D eigenvalue weighted by Gasteiger charge is 2.40. The van der Waals surface area contributed by atoms with Crippen LogP contribution in [0.2, 0.25) is 10.0 Å². The second kappa shape index (κ2) is 4.57. The zero-order chi connectivity index (χ0) is 11.6. The molecule has 2 nitrogen and oxygen atoms in total. The molecule has 0 amide bonds. The van der Waals surface area contributed by atoms with Gasteiger partial charge in [0.1, 0.15) is 6.04 Å². The van der Waals surface area contributed by atoms with Gasteiger partial charge in [-0.3, -0.25) is 5.84 Å². The van der Waals surface area contributed by atoms with Crippen molar-refractivity contribution in [2.45, 2.75) is 12.2 Å². The summed E-state index contributed by atoms with van der Waals surface area (Å²) < 4.78 is 37.3. The van der Waals surface area contributed by atoms with Crippen molar-refractivity contribution < 1.29 is 13.2 Å². The van der Waals surface area contributed by atoms with E-state index in [-0.39, 0.29) is 15.6 Å². The zero-order valence-electron chi connectivity index (χ0n) is 7.28. The molecule has 0 saturated heterocycles. The molecule has 3 N–H and O–H groups in total. The van der Waals surface area contributed by atoms with Crippen molar-refractivity contribution in [3.8, 4) is 0 Å². The summed E-state index contributed by atoms with van der Waals surface area (Å²) in [5.41, 5.74) is 1.59. The Morgan fingerprint density at radius 3 is 2.20 bits per heavy atom. The van der Waals surface area contributed by atoms with Gasteiger partial charge in [-0.1, -0.05) is 29.3 Å². The molecule has 0 saturated carbocycles. The van der Waals surface area contributed by atoms with Gasteiger partial charge in [0.15, 0.2) is 0 Å². The minimum Gasteiger partial charge on any atom is -0.271 e. The number of hydrogen-bond donors (Lipinski definition) is 2. The van der Waals surface area contributed by atoms with Crippen LogP contribution >= 0.6 is 23.2 Å². The van der Waals surface area contributed by atoms with Gasteiger partial charge in [-0.2, -0.15) is 13.2 Å². The number of benzene rings is 1. The summed E-state index contributed by atoms with van der Waals surface area (Å²) in [5.74, 6) is 4.83. The first-order valence-corrected chi connectivity index (χ1v) is 4.59. The van der Waals surface area contributed by atoms with Gasteiger partial charge in [0.05, 0.1) is 10.0 Å². The van der Waals surface area contributed by atoms with E-state index < -0.39 is 12.2 Å². The van der Waals surface area contributed by atoms with E-state index in [1.54, 1.807) is 5.43 Å². The van der Waals surface area contributed by atoms with Crippen LogP contribution in [0, 0.1) is 0 Å². The standard InChI is InChI=1S/C8H7Cl2F3N2/c9-5-2-1-4(3-6(5)10)7(15-14)8(11,12)13/h1-3,7,15H,14H2/t7-/m1/s1. The van der Waals surface area contributed by atoms with Crippen LogP contribution in [0.3, 0.4) is 0 Å². The molecule has 0 aromatic heterocycles. The Hall–Kier alpha value is -0.490. The van der Waals surface area contributed by atoms with Crippen LogP contribution in [0.4, 0.5) is 13.2 Å². The molecule has 7 heteroatoms. The van der Waals surface area contributed by atoms with Crippen LogP contribution in [0.5, 0.6) is 0 Å². The summed E-state index contributed by atoms with van der Waals surface area (Å²) in [6.07, 6.45) is -4.48. The number of hydrazine groups is 1. The molecule has 84 valence electrons. The molecule has 0 unspecified atom stereocenters. The van der Waals surface area contributed by atoms with E-state index in [4.69, 9.17) is 29.0 Å². The lowest BCUT2D eigenvalue weighted by molar-refractivity contribution is -0.157. The lowest BCUT2D eigenvalue weighted by atomic mass is 10.1. The number of rotatable bonds is 2. The SMILES string of the molecule is NN[C@H](c1ccc(Cl)c(Cl)c1)C(F)(F)F. The van der Waals surface area contributed by atoms with Gasteiger partial charge < -0.3 is 0 Å². The van der Waals surface area contributed by atoms with Crippen LogP contribution in [-0.4, -0.2) is 6.18 Å². The topological polar surface area (TPSA) is 38.0 Å². The van der Waals surface area contributed by atoms with Gasteiger partial charge in [0.25, 0.3) is 0 Å². The maximum atomic E-state index is 12.4. The van der Waals surface area contributed by atoms with Crippen LogP contribution < -0.4 is 11.3 Å². The molecule has 1 atom stereocenters. The number of hydrogen-bond acceptors (Lipinski definition) is 2. The van der Waals surface area contributed by atoms with Crippen molar-refractivity contribution in [2.75, 3.05) is 0 Å². The van der Waals surface area contributed by atoms with Crippen molar-refractivity contribution in [1.29, 1.82) is 0 Å². The second-order valence-corrected chi connectivity index (χ2v) is 3.63. The average Bonchev–Trinajstić information content (AvgIpc) is 2.10. The highest BCUT2D eigenvalue weighted by molar-refractivity contribution is 6.42. The van der Waals surface area contributed by atoms with Crippen LogP contribution in [0.25, 0.3) is 0 Å². The molecule has 1 aromatic carbocycles. The molecule has 1 aromatic rings. The minimum absolute atomic E-state index is 0.0543. The molecular weight excluding hydrogens is 252 g/mol. The van der Waals surface area contributed by atoms with Gasteiger partial charge in [-0.25, -0.2) is 5.43 Å². The lowest BCUT2D eigenvalue weighted by Crippen LogP contribution is -2.38. The normalized spacial score (nSPS) is 14.0. The maximum absolute atomic E-state index is 12.4.